The molecule has 29 heavy (non-hydrogen) atoms. The van der Waals surface area contributed by atoms with E-state index in [1.165, 1.54) is 6.33 Å². The van der Waals surface area contributed by atoms with Crippen LogP contribution in [0.15, 0.2) is 61.2 Å². The minimum Gasteiger partial charge on any atom is -0.358 e. The zero-order chi connectivity index (χ0) is 19.8. The Morgan fingerprint density at radius 2 is 1.93 bits per heavy atom. The van der Waals surface area contributed by atoms with Gasteiger partial charge in [-0.05, 0) is 31.2 Å². The minimum atomic E-state index is -0.199. The van der Waals surface area contributed by atoms with Crippen LogP contribution in [-0.4, -0.2) is 29.5 Å². The molecular weight excluding hydrogens is 364 g/mol. The maximum absolute atomic E-state index is 9.65. The van der Waals surface area contributed by atoms with E-state index in [1.807, 2.05) is 60.0 Å². The highest BCUT2D eigenvalue weighted by molar-refractivity contribution is 5.85. The molecule has 5 aromatic rings. The second kappa shape index (κ2) is 6.73. The summed E-state index contributed by atoms with van der Waals surface area (Å²) in [5.74, 6) is 1.42. The molecule has 0 aliphatic rings. The van der Waals surface area contributed by atoms with Crippen molar-refractivity contribution >= 4 is 28.0 Å². The predicted octanol–water partition coefficient (Wildman–Crippen LogP) is 3.74. The van der Waals surface area contributed by atoms with E-state index in [2.05, 4.69) is 31.3 Å². The number of rotatable bonds is 4. The first-order chi connectivity index (χ1) is 14.3. The molecule has 0 fully saturated rings. The second-order valence-electron chi connectivity index (χ2n) is 6.62. The van der Waals surface area contributed by atoms with Crippen LogP contribution in [0.5, 0.6) is 0 Å². The summed E-state index contributed by atoms with van der Waals surface area (Å²) in [7, 11) is 0. The summed E-state index contributed by atoms with van der Waals surface area (Å²) in [6.07, 6.45) is 3.07. The van der Waals surface area contributed by atoms with Gasteiger partial charge in [-0.1, -0.05) is 24.3 Å². The van der Waals surface area contributed by atoms with Crippen molar-refractivity contribution in [3.05, 3.63) is 72.6 Å². The number of fused-ring (bicyclic) bond motifs is 2. The third-order valence-corrected chi connectivity index (χ3v) is 4.80. The summed E-state index contributed by atoms with van der Waals surface area (Å²) in [6.45, 7) is 2.01. The zero-order valence-corrected chi connectivity index (χ0v) is 15.5. The highest BCUT2D eigenvalue weighted by atomic mass is 15.2. The van der Waals surface area contributed by atoms with Gasteiger partial charge < -0.3 is 10.3 Å². The number of hydrogen-bond donors (Lipinski definition) is 2. The Bertz CT molecular complexity index is 1360. The Morgan fingerprint density at radius 3 is 2.76 bits per heavy atom. The Morgan fingerprint density at radius 1 is 1.07 bits per heavy atom. The molecule has 5 rings (SSSR count). The molecule has 0 bridgehead atoms. The first kappa shape index (κ1) is 16.9. The van der Waals surface area contributed by atoms with Crippen molar-refractivity contribution in [1.29, 1.82) is 5.26 Å². The van der Waals surface area contributed by atoms with Gasteiger partial charge in [0.25, 0.3) is 0 Å². The summed E-state index contributed by atoms with van der Waals surface area (Å²) in [6, 6.07) is 17.6. The molecule has 0 aliphatic carbocycles. The molecule has 8 heteroatoms. The van der Waals surface area contributed by atoms with Gasteiger partial charge in [0.05, 0.1) is 29.0 Å². The Labute approximate surface area is 165 Å². The number of benzene rings is 2. The SMILES string of the molecule is CC(Nc1ncnc2nc[nH]c12)c1nc2cccc(C#N)c2n1-c1ccccc1. The standard InChI is InChI=1S/C21H16N8/c1-13(27-20-17-19(24-11-23-17)25-12-26-20)21-28-16-9-5-6-14(10-22)18(16)29(21)15-7-3-2-4-8-15/h2-9,11-13H,1H3,(H2,23,24,25,26,27). The lowest BCUT2D eigenvalue weighted by Crippen LogP contribution is -2.14. The molecule has 1 unspecified atom stereocenters. The fourth-order valence-electron chi connectivity index (χ4n) is 3.51. The van der Waals surface area contributed by atoms with E-state index in [0.717, 1.165) is 28.1 Å². The lowest BCUT2D eigenvalue weighted by molar-refractivity contribution is 0.769. The van der Waals surface area contributed by atoms with Gasteiger partial charge in [-0.25, -0.2) is 19.9 Å². The van der Waals surface area contributed by atoms with Gasteiger partial charge in [-0.2, -0.15) is 5.26 Å². The number of nitrogens with zero attached hydrogens (tertiary/aromatic N) is 6. The third-order valence-electron chi connectivity index (χ3n) is 4.80. The monoisotopic (exact) mass is 380 g/mol. The summed E-state index contributed by atoms with van der Waals surface area (Å²) in [5.41, 5.74) is 4.41. The van der Waals surface area contributed by atoms with E-state index < -0.39 is 0 Å². The van der Waals surface area contributed by atoms with Gasteiger partial charge >= 0.3 is 0 Å². The first-order valence-electron chi connectivity index (χ1n) is 9.14. The molecule has 0 saturated carbocycles. The van der Waals surface area contributed by atoms with Crippen LogP contribution in [0.3, 0.4) is 0 Å². The fraction of sp³-hybridized carbons (Fsp3) is 0.0952. The molecule has 140 valence electrons. The number of nitriles is 1. The summed E-state index contributed by atoms with van der Waals surface area (Å²) in [4.78, 5) is 20.6. The van der Waals surface area contributed by atoms with Crippen LogP contribution in [-0.2, 0) is 0 Å². The largest absolute Gasteiger partial charge is 0.358 e. The molecule has 0 amide bonds. The zero-order valence-electron chi connectivity index (χ0n) is 15.5. The van der Waals surface area contributed by atoms with Crippen LogP contribution in [0.1, 0.15) is 24.4 Å². The number of aromatic nitrogens is 6. The number of imidazole rings is 2. The van der Waals surface area contributed by atoms with E-state index >= 15 is 0 Å². The smallest absolute Gasteiger partial charge is 0.182 e. The van der Waals surface area contributed by atoms with Gasteiger partial charge in [0.2, 0.25) is 0 Å². The van der Waals surface area contributed by atoms with E-state index in [-0.39, 0.29) is 6.04 Å². The average molecular weight is 380 g/mol. The normalized spacial score (nSPS) is 12.1. The van der Waals surface area contributed by atoms with Crippen LogP contribution in [0.4, 0.5) is 5.82 Å². The Kier molecular flexibility index (Phi) is 3.92. The van der Waals surface area contributed by atoms with Gasteiger partial charge in [0.15, 0.2) is 11.5 Å². The van der Waals surface area contributed by atoms with E-state index in [0.29, 0.717) is 17.0 Å². The van der Waals surface area contributed by atoms with E-state index in [1.54, 1.807) is 6.33 Å². The molecule has 3 aromatic heterocycles. The van der Waals surface area contributed by atoms with Gasteiger partial charge in [0.1, 0.15) is 23.7 Å². The van der Waals surface area contributed by atoms with Gasteiger partial charge in [0, 0.05) is 5.69 Å². The molecule has 8 nitrogen and oxygen atoms in total. The molecule has 2 aromatic carbocycles. The highest BCUT2D eigenvalue weighted by Gasteiger charge is 2.21. The first-order valence-corrected chi connectivity index (χ1v) is 9.14. The summed E-state index contributed by atoms with van der Waals surface area (Å²) >= 11 is 0. The maximum Gasteiger partial charge on any atom is 0.182 e. The van der Waals surface area contributed by atoms with Crippen molar-refractivity contribution in [3.63, 3.8) is 0 Å². The number of para-hydroxylation sites is 2. The van der Waals surface area contributed by atoms with Gasteiger partial charge in [-0.3, -0.25) is 4.57 Å². The summed E-state index contributed by atoms with van der Waals surface area (Å²) in [5, 5.41) is 13.1. The van der Waals surface area contributed by atoms with Crippen LogP contribution < -0.4 is 5.32 Å². The number of aromatic amines is 1. The predicted molar refractivity (Wildman–Crippen MR) is 110 cm³/mol. The van der Waals surface area contributed by atoms with E-state index in [4.69, 9.17) is 4.98 Å². The fourth-order valence-corrected chi connectivity index (χ4v) is 3.51. The number of hydrogen-bond acceptors (Lipinski definition) is 6. The lowest BCUT2D eigenvalue weighted by atomic mass is 10.2. The average Bonchev–Trinajstić information content (AvgIpc) is 3.39. The van der Waals surface area contributed by atoms with Crippen molar-refractivity contribution in [1.82, 2.24) is 29.5 Å². The van der Waals surface area contributed by atoms with Crippen molar-refractivity contribution in [3.8, 4) is 11.8 Å². The molecule has 2 N–H and O–H groups in total. The van der Waals surface area contributed by atoms with Crippen molar-refractivity contribution in [2.24, 2.45) is 0 Å². The molecule has 0 radical (unpaired) electrons. The minimum absolute atomic E-state index is 0.199. The van der Waals surface area contributed by atoms with Crippen molar-refractivity contribution in [2.45, 2.75) is 13.0 Å². The Hall–Kier alpha value is -4.25. The maximum atomic E-state index is 9.65. The molecule has 0 aliphatic heterocycles. The molecule has 3 heterocycles. The van der Waals surface area contributed by atoms with E-state index in [9.17, 15) is 5.26 Å². The number of H-pyrrole nitrogens is 1. The quantitative estimate of drug-likeness (QED) is 0.492. The van der Waals surface area contributed by atoms with Crippen LogP contribution in [0, 0.1) is 11.3 Å². The molecule has 0 spiro atoms. The summed E-state index contributed by atoms with van der Waals surface area (Å²) < 4.78 is 2.02. The molecule has 1 atom stereocenters. The third kappa shape index (κ3) is 2.76. The van der Waals surface area contributed by atoms with Crippen LogP contribution >= 0.6 is 0 Å². The van der Waals surface area contributed by atoms with Crippen molar-refractivity contribution in [2.75, 3.05) is 5.32 Å². The number of nitrogens with one attached hydrogen (secondary N) is 2. The number of anilines is 1. The molecule has 0 saturated heterocycles. The highest BCUT2D eigenvalue weighted by Crippen LogP contribution is 2.29. The van der Waals surface area contributed by atoms with Crippen LogP contribution in [0.2, 0.25) is 0 Å². The molecular formula is C21H16N8. The van der Waals surface area contributed by atoms with Crippen molar-refractivity contribution < 1.29 is 0 Å². The second-order valence-corrected chi connectivity index (χ2v) is 6.62. The lowest BCUT2D eigenvalue weighted by Gasteiger charge is -2.17. The van der Waals surface area contributed by atoms with Crippen LogP contribution in [0.25, 0.3) is 27.9 Å². The Balaban J connectivity index is 1.68. The van der Waals surface area contributed by atoms with Gasteiger partial charge in [-0.15, -0.1) is 0 Å². The topological polar surface area (TPSA) is 108 Å².